The fraction of sp³-hybridized carbons (Fsp3) is 0.462. The number of benzene rings is 1. The van der Waals surface area contributed by atoms with Crippen molar-refractivity contribution >= 4 is 22.2 Å². The van der Waals surface area contributed by atoms with Gasteiger partial charge >= 0.3 is 0 Å². The van der Waals surface area contributed by atoms with E-state index in [0.29, 0.717) is 17.9 Å². The summed E-state index contributed by atoms with van der Waals surface area (Å²) in [6.45, 7) is 4.03. The molecule has 0 aliphatic heterocycles. The Morgan fingerprint density at radius 3 is 2.53 bits per heavy atom. The van der Waals surface area contributed by atoms with Gasteiger partial charge in [0.2, 0.25) is 0 Å². The molecule has 1 rings (SSSR count). The Morgan fingerprint density at radius 1 is 1.41 bits per heavy atom. The van der Waals surface area contributed by atoms with E-state index in [9.17, 15) is 4.79 Å². The van der Waals surface area contributed by atoms with Gasteiger partial charge < -0.3 is 14.3 Å². The van der Waals surface area contributed by atoms with Crippen LogP contribution in [-0.4, -0.2) is 20.5 Å². The largest absolute Gasteiger partial charge is 0.493 e. The lowest BCUT2D eigenvalue weighted by atomic mass is 9.93. The van der Waals surface area contributed by atoms with Crippen LogP contribution in [0.1, 0.15) is 30.4 Å². The Hall–Kier alpha value is -1.03. The fourth-order valence-electron chi connectivity index (χ4n) is 1.85. The number of hydrogen-bond acceptors (Lipinski definition) is 3. The van der Waals surface area contributed by atoms with Crippen molar-refractivity contribution in [2.45, 2.75) is 26.2 Å². The molecule has 0 radical (unpaired) electrons. The lowest BCUT2D eigenvalue weighted by molar-refractivity contribution is -0.108. The molecular formula is C13H17BrO3. The van der Waals surface area contributed by atoms with Crippen molar-refractivity contribution in [2.75, 3.05) is 14.2 Å². The summed E-state index contributed by atoms with van der Waals surface area (Å²) in [4.78, 5) is 10.6. The number of hydrogen-bond donors (Lipinski definition) is 0. The Morgan fingerprint density at radius 2 is 2.06 bits per heavy atom. The SMILES string of the molecule is COc1cc(C(C)CC=O)c(C)c(Br)c1OC. The maximum atomic E-state index is 10.6. The van der Waals surface area contributed by atoms with E-state index in [1.54, 1.807) is 14.2 Å². The molecule has 94 valence electrons. The van der Waals surface area contributed by atoms with Crippen LogP contribution in [0.4, 0.5) is 0 Å². The van der Waals surface area contributed by atoms with E-state index >= 15 is 0 Å². The first-order chi connectivity index (χ1) is 8.06. The number of methoxy groups -OCH3 is 2. The minimum atomic E-state index is 0.170. The van der Waals surface area contributed by atoms with Gasteiger partial charge in [0.15, 0.2) is 11.5 Å². The molecule has 0 aliphatic rings. The van der Waals surface area contributed by atoms with E-state index in [-0.39, 0.29) is 5.92 Å². The van der Waals surface area contributed by atoms with Crippen molar-refractivity contribution in [3.8, 4) is 11.5 Å². The summed E-state index contributed by atoms with van der Waals surface area (Å²) in [6.07, 6.45) is 1.44. The molecule has 4 heteroatoms. The molecule has 17 heavy (non-hydrogen) atoms. The number of aldehydes is 1. The van der Waals surface area contributed by atoms with Crippen LogP contribution in [-0.2, 0) is 4.79 Å². The van der Waals surface area contributed by atoms with Crippen LogP contribution < -0.4 is 9.47 Å². The molecule has 1 aromatic rings. The second-order valence-corrected chi connectivity index (χ2v) is 4.74. The molecule has 1 aromatic carbocycles. The fourth-order valence-corrected chi connectivity index (χ4v) is 2.43. The van der Waals surface area contributed by atoms with Gasteiger partial charge in [0, 0.05) is 6.42 Å². The van der Waals surface area contributed by atoms with Crippen LogP contribution in [0.5, 0.6) is 11.5 Å². The van der Waals surface area contributed by atoms with Gasteiger partial charge in [-0.25, -0.2) is 0 Å². The predicted molar refractivity (Wildman–Crippen MR) is 71.1 cm³/mol. The molecule has 0 saturated heterocycles. The first kappa shape index (κ1) is 14.0. The highest BCUT2D eigenvalue weighted by Gasteiger charge is 2.18. The second kappa shape index (κ2) is 6.05. The summed E-state index contributed by atoms with van der Waals surface area (Å²) in [6, 6.07) is 1.94. The average molecular weight is 301 g/mol. The van der Waals surface area contributed by atoms with E-state index in [0.717, 1.165) is 21.9 Å². The first-order valence-corrected chi connectivity index (χ1v) is 6.20. The number of halogens is 1. The van der Waals surface area contributed by atoms with Crippen molar-refractivity contribution in [3.05, 3.63) is 21.7 Å². The lowest BCUT2D eigenvalue weighted by Gasteiger charge is -2.18. The average Bonchev–Trinajstić information content (AvgIpc) is 2.32. The van der Waals surface area contributed by atoms with Crippen LogP contribution in [0.2, 0.25) is 0 Å². The molecule has 3 nitrogen and oxygen atoms in total. The third-order valence-electron chi connectivity index (χ3n) is 2.88. The third-order valence-corrected chi connectivity index (χ3v) is 3.83. The second-order valence-electron chi connectivity index (χ2n) is 3.94. The van der Waals surface area contributed by atoms with Crippen LogP contribution in [0, 0.1) is 6.92 Å². The zero-order valence-corrected chi connectivity index (χ0v) is 12.1. The van der Waals surface area contributed by atoms with Gasteiger partial charge in [0.1, 0.15) is 6.29 Å². The maximum Gasteiger partial charge on any atom is 0.175 e. The minimum absolute atomic E-state index is 0.170. The smallest absolute Gasteiger partial charge is 0.175 e. The summed E-state index contributed by atoms with van der Waals surface area (Å²) in [5.41, 5.74) is 2.18. The van der Waals surface area contributed by atoms with Crippen molar-refractivity contribution in [1.29, 1.82) is 0 Å². The zero-order chi connectivity index (χ0) is 13.0. The Bertz CT molecular complexity index is 416. The standard InChI is InChI=1S/C13H17BrO3/c1-8(5-6-15)10-7-11(16-3)13(17-4)12(14)9(10)2/h6-8H,5H2,1-4H3. The normalized spacial score (nSPS) is 12.1. The monoisotopic (exact) mass is 300 g/mol. The van der Waals surface area contributed by atoms with Crippen molar-refractivity contribution in [1.82, 2.24) is 0 Å². The Balaban J connectivity index is 3.33. The van der Waals surface area contributed by atoms with Gasteiger partial charge in [-0.05, 0) is 46.0 Å². The van der Waals surface area contributed by atoms with Crippen molar-refractivity contribution < 1.29 is 14.3 Å². The van der Waals surface area contributed by atoms with Crippen LogP contribution in [0.25, 0.3) is 0 Å². The summed E-state index contributed by atoms with van der Waals surface area (Å²) < 4.78 is 11.5. The zero-order valence-electron chi connectivity index (χ0n) is 10.5. The van der Waals surface area contributed by atoms with Gasteiger partial charge in [0.25, 0.3) is 0 Å². The van der Waals surface area contributed by atoms with Gasteiger partial charge in [-0.2, -0.15) is 0 Å². The molecule has 0 bridgehead atoms. The number of carbonyl (C=O) groups is 1. The number of ether oxygens (including phenoxy) is 2. The molecule has 0 heterocycles. The minimum Gasteiger partial charge on any atom is -0.493 e. The van der Waals surface area contributed by atoms with E-state index in [2.05, 4.69) is 15.9 Å². The van der Waals surface area contributed by atoms with Gasteiger partial charge in [0.05, 0.1) is 18.7 Å². The highest BCUT2D eigenvalue weighted by Crippen LogP contribution is 2.41. The van der Waals surface area contributed by atoms with Gasteiger partial charge in [-0.3, -0.25) is 0 Å². The molecule has 0 spiro atoms. The van der Waals surface area contributed by atoms with Crippen LogP contribution in [0.3, 0.4) is 0 Å². The van der Waals surface area contributed by atoms with Crippen molar-refractivity contribution in [2.24, 2.45) is 0 Å². The predicted octanol–water partition coefficient (Wildman–Crippen LogP) is 3.47. The van der Waals surface area contributed by atoms with E-state index in [1.807, 2.05) is 19.9 Å². The Labute approximate surface area is 110 Å². The lowest BCUT2D eigenvalue weighted by Crippen LogP contribution is -2.02. The molecule has 0 N–H and O–H groups in total. The molecule has 0 fully saturated rings. The Kier molecular flexibility index (Phi) is 5.00. The van der Waals surface area contributed by atoms with Crippen LogP contribution >= 0.6 is 15.9 Å². The van der Waals surface area contributed by atoms with E-state index in [4.69, 9.17) is 9.47 Å². The quantitative estimate of drug-likeness (QED) is 0.781. The van der Waals surface area contributed by atoms with E-state index < -0.39 is 0 Å². The maximum absolute atomic E-state index is 10.6. The van der Waals surface area contributed by atoms with Gasteiger partial charge in [-0.15, -0.1) is 0 Å². The van der Waals surface area contributed by atoms with Crippen LogP contribution in [0.15, 0.2) is 10.5 Å². The van der Waals surface area contributed by atoms with E-state index in [1.165, 1.54) is 0 Å². The summed E-state index contributed by atoms with van der Waals surface area (Å²) in [7, 11) is 3.21. The molecule has 1 unspecified atom stereocenters. The van der Waals surface area contributed by atoms with Crippen molar-refractivity contribution in [3.63, 3.8) is 0 Å². The molecule has 0 aliphatic carbocycles. The highest BCUT2D eigenvalue weighted by molar-refractivity contribution is 9.10. The number of rotatable bonds is 5. The summed E-state index contributed by atoms with van der Waals surface area (Å²) >= 11 is 3.51. The topological polar surface area (TPSA) is 35.5 Å². The van der Waals surface area contributed by atoms with Gasteiger partial charge in [-0.1, -0.05) is 6.92 Å². The molecular weight excluding hydrogens is 284 g/mol. The summed E-state index contributed by atoms with van der Waals surface area (Å²) in [5.74, 6) is 1.54. The molecule has 0 amide bonds. The molecule has 0 aromatic heterocycles. The highest BCUT2D eigenvalue weighted by atomic mass is 79.9. The number of carbonyl (C=O) groups excluding carboxylic acids is 1. The third kappa shape index (κ3) is 2.80. The molecule has 0 saturated carbocycles. The first-order valence-electron chi connectivity index (χ1n) is 5.41. The molecule has 1 atom stereocenters. The summed E-state index contributed by atoms with van der Waals surface area (Å²) in [5, 5.41) is 0.